The second-order valence-electron chi connectivity index (χ2n) is 7.61. The molecule has 2 amide bonds. The SMILES string of the molecule is C=C1c2c(nc(Cc3cccc(CC)c3)n2Cc2ccc(Cl)cc2)N(C)C(=O)N1C. The first kappa shape index (κ1) is 20.2. The molecular weight excluding hydrogens is 396 g/mol. The fourth-order valence-electron chi connectivity index (χ4n) is 3.81. The smallest absolute Gasteiger partial charge is 0.320 e. The van der Waals surface area contributed by atoms with Crippen LogP contribution in [0.4, 0.5) is 10.6 Å². The molecule has 0 bridgehead atoms. The topological polar surface area (TPSA) is 41.4 Å². The highest BCUT2D eigenvalue weighted by atomic mass is 35.5. The minimum atomic E-state index is -0.136. The van der Waals surface area contributed by atoms with Crippen molar-refractivity contribution in [2.45, 2.75) is 26.3 Å². The van der Waals surface area contributed by atoms with Crippen molar-refractivity contribution in [2.24, 2.45) is 0 Å². The van der Waals surface area contributed by atoms with Crippen molar-refractivity contribution in [2.75, 3.05) is 19.0 Å². The second kappa shape index (κ2) is 8.00. The zero-order valence-electron chi connectivity index (χ0n) is 17.5. The molecule has 30 heavy (non-hydrogen) atoms. The third-order valence-electron chi connectivity index (χ3n) is 5.61. The molecule has 0 spiro atoms. The Balaban J connectivity index is 1.82. The lowest BCUT2D eigenvalue weighted by molar-refractivity contribution is 0.230. The van der Waals surface area contributed by atoms with E-state index in [2.05, 4.69) is 42.3 Å². The molecule has 0 saturated carbocycles. The van der Waals surface area contributed by atoms with Gasteiger partial charge in [-0.2, -0.15) is 0 Å². The van der Waals surface area contributed by atoms with Crippen LogP contribution in [0.3, 0.4) is 0 Å². The lowest BCUT2D eigenvalue weighted by Gasteiger charge is -2.32. The average molecular weight is 421 g/mol. The third kappa shape index (κ3) is 3.61. The summed E-state index contributed by atoms with van der Waals surface area (Å²) in [4.78, 5) is 20.6. The van der Waals surface area contributed by atoms with Crippen LogP contribution >= 0.6 is 11.6 Å². The molecule has 6 heteroatoms. The Morgan fingerprint density at radius 3 is 2.40 bits per heavy atom. The van der Waals surface area contributed by atoms with Crippen LogP contribution in [0, 0.1) is 0 Å². The van der Waals surface area contributed by atoms with Crippen LogP contribution in [0.5, 0.6) is 0 Å². The highest BCUT2D eigenvalue weighted by Gasteiger charge is 2.34. The highest BCUT2D eigenvalue weighted by molar-refractivity contribution is 6.30. The van der Waals surface area contributed by atoms with E-state index in [-0.39, 0.29) is 6.03 Å². The molecule has 5 nitrogen and oxygen atoms in total. The molecule has 0 radical (unpaired) electrons. The summed E-state index contributed by atoms with van der Waals surface area (Å²) < 4.78 is 2.17. The predicted molar refractivity (Wildman–Crippen MR) is 122 cm³/mol. The summed E-state index contributed by atoms with van der Waals surface area (Å²) in [5.41, 5.74) is 5.13. The average Bonchev–Trinajstić information content (AvgIpc) is 3.10. The number of fused-ring (bicyclic) bond motifs is 1. The van der Waals surface area contributed by atoms with Crippen molar-refractivity contribution in [3.63, 3.8) is 0 Å². The molecule has 4 rings (SSSR count). The summed E-state index contributed by atoms with van der Waals surface area (Å²) in [5, 5.41) is 0.706. The number of carbonyl (C=O) groups is 1. The number of hydrogen-bond acceptors (Lipinski definition) is 2. The Morgan fingerprint density at radius 2 is 1.70 bits per heavy atom. The van der Waals surface area contributed by atoms with E-state index in [9.17, 15) is 4.79 Å². The fraction of sp³-hybridized carbons (Fsp3) is 0.250. The zero-order chi connectivity index (χ0) is 21.4. The Labute approximate surface area is 182 Å². The highest BCUT2D eigenvalue weighted by Crippen LogP contribution is 2.35. The van der Waals surface area contributed by atoms with Gasteiger partial charge in [-0.05, 0) is 35.2 Å². The molecule has 0 N–H and O–H groups in total. The number of carbonyl (C=O) groups excluding carboxylic acids is 1. The Kier molecular flexibility index (Phi) is 5.39. The van der Waals surface area contributed by atoms with Gasteiger partial charge in [-0.15, -0.1) is 0 Å². The maximum absolute atomic E-state index is 12.6. The third-order valence-corrected chi connectivity index (χ3v) is 5.87. The van der Waals surface area contributed by atoms with Crippen molar-refractivity contribution < 1.29 is 4.79 Å². The molecule has 1 aromatic heterocycles. The number of benzene rings is 2. The van der Waals surface area contributed by atoms with Crippen LogP contribution in [-0.4, -0.2) is 34.6 Å². The van der Waals surface area contributed by atoms with Crippen molar-refractivity contribution in [1.29, 1.82) is 0 Å². The molecule has 0 aliphatic carbocycles. The summed E-state index contributed by atoms with van der Waals surface area (Å²) in [5.74, 6) is 1.55. The van der Waals surface area contributed by atoms with Gasteiger partial charge in [0.1, 0.15) is 11.5 Å². The van der Waals surface area contributed by atoms with Crippen LogP contribution in [0.1, 0.15) is 35.1 Å². The maximum atomic E-state index is 12.6. The van der Waals surface area contributed by atoms with Gasteiger partial charge in [0.15, 0.2) is 5.82 Å². The number of urea groups is 1. The van der Waals surface area contributed by atoms with E-state index in [0.717, 1.165) is 23.5 Å². The molecule has 2 aromatic carbocycles. The second-order valence-corrected chi connectivity index (χ2v) is 8.05. The maximum Gasteiger partial charge on any atom is 0.329 e. The first-order chi connectivity index (χ1) is 14.4. The molecule has 0 unspecified atom stereocenters. The van der Waals surface area contributed by atoms with Gasteiger partial charge in [0.25, 0.3) is 0 Å². The number of aryl methyl sites for hydroxylation is 1. The number of aromatic nitrogens is 2. The number of hydrogen-bond donors (Lipinski definition) is 0. The minimum absolute atomic E-state index is 0.136. The van der Waals surface area contributed by atoms with Crippen LogP contribution in [0.15, 0.2) is 55.1 Å². The van der Waals surface area contributed by atoms with Crippen LogP contribution in [0.2, 0.25) is 5.02 Å². The largest absolute Gasteiger partial charge is 0.329 e. The Morgan fingerprint density at radius 1 is 1.00 bits per heavy atom. The van der Waals surface area contributed by atoms with E-state index in [0.29, 0.717) is 29.5 Å². The summed E-state index contributed by atoms with van der Waals surface area (Å²) in [6.07, 6.45) is 1.66. The van der Waals surface area contributed by atoms with Gasteiger partial charge < -0.3 is 4.57 Å². The number of anilines is 1. The van der Waals surface area contributed by atoms with Gasteiger partial charge in [0, 0.05) is 32.1 Å². The van der Waals surface area contributed by atoms with Gasteiger partial charge in [0.2, 0.25) is 0 Å². The number of nitrogens with zero attached hydrogens (tertiary/aromatic N) is 4. The van der Waals surface area contributed by atoms with Crippen molar-refractivity contribution in [1.82, 2.24) is 14.5 Å². The summed E-state index contributed by atoms with van der Waals surface area (Å²) in [6.45, 7) is 6.96. The summed E-state index contributed by atoms with van der Waals surface area (Å²) in [7, 11) is 3.50. The quantitative estimate of drug-likeness (QED) is 0.568. The van der Waals surface area contributed by atoms with E-state index < -0.39 is 0 Å². The van der Waals surface area contributed by atoms with Gasteiger partial charge in [-0.1, -0.05) is 61.5 Å². The van der Waals surface area contributed by atoms with E-state index in [4.69, 9.17) is 16.6 Å². The first-order valence-electron chi connectivity index (χ1n) is 10.0. The molecule has 0 atom stereocenters. The minimum Gasteiger partial charge on any atom is -0.320 e. The van der Waals surface area contributed by atoms with Gasteiger partial charge in [-0.3, -0.25) is 9.80 Å². The normalized spacial score (nSPS) is 13.7. The van der Waals surface area contributed by atoms with Gasteiger partial charge in [0.05, 0.1) is 5.70 Å². The number of imidazole rings is 1. The molecular formula is C24H25ClN4O. The standard InChI is InChI=1S/C24H25ClN4O/c1-5-17-7-6-8-19(13-17)14-21-26-23-22(16(2)27(3)24(30)28(23)4)29(21)15-18-9-11-20(25)12-10-18/h6-13H,2,5,14-15H2,1,3-4H3. The Hall–Kier alpha value is -3.05. The summed E-state index contributed by atoms with van der Waals surface area (Å²) >= 11 is 6.07. The molecule has 0 fully saturated rings. The van der Waals surface area contributed by atoms with Crippen LogP contribution in [-0.2, 0) is 19.4 Å². The van der Waals surface area contributed by atoms with Crippen molar-refractivity contribution in [3.8, 4) is 0 Å². The molecule has 3 aromatic rings. The molecule has 0 saturated heterocycles. The van der Waals surface area contributed by atoms with Gasteiger partial charge in [-0.25, -0.2) is 9.78 Å². The first-order valence-corrected chi connectivity index (χ1v) is 10.4. The zero-order valence-corrected chi connectivity index (χ0v) is 18.3. The molecule has 1 aliphatic rings. The lowest BCUT2D eigenvalue weighted by Crippen LogP contribution is -2.42. The Bertz CT molecular complexity index is 1120. The monoisotopic (exact) mass is 420 g/mol. The van der Waals surface area contributed by atoms with Crippen LogP contribution in [0.25, 0.3) is 5.70 Å². The van der Waals surface area contributed by atoms with E-state index in [1.807, 2.05) is 24.3 Å². The van der Waals surface area contributed by atoms with E-state index >= 15 is 0 Å². The number of rotatable bonds is 5. The molecule has 2 heterocycles. The summed E-state index contributed by atoms with van der Waals surface area (Å²) in [6, 6.07) is 16.2. The number of halogens is 1. The van der Waals surface area contributed by atoms with E-state index in [1.165, 1.54) is 11.1 Å². The lowest BCUT2D eigenvalue weighted by atomic mass is 10.1. The van der Waals surface area contributed by atoms with Gasteiger partial charge >= 0.3 is 6.03 Å². The van der Waals surface area contributed by atoms with Crippen LogP contribution < -0.4 is 4.90 Å². The predicted octanol–water partition coefficient (Wildman–Crippen LogP) is 5.21. The fourth-order valence-corrected chi connectivity index (χ4v) is 3.94. The van der Waals surface area contributed by atoms with E-state index in [1.54, 1.807) is 23.9 Å². The number of amides is 2. The van der Waals surface area contributed by atoms with Crippen molar-refractivity contribution in [3.05, 3.63) is 88.3 Å². The molecule has 1 aliphatic heterocycles. The van der Waals surface area contributed by atoms with Crippen molar-refractivity contribution >= 4 is 29.1 Å². The molecule has 154 valence electrons.